The van der Waals surface area contributed by atoms with Crippen LogP contribution >= 0.6 is 0 Å². The summed E-state index contributed by atoms with van der Waals surface area (Å²) in [7, 11) is 0. The minimum Gasteiger partial charge on any atom is -0.324 e. The van der Waals surface area contributed by atoms with E-state index in [1.165, 1.54) is 18.4 Å². The van der Waals surface area contributed by atoms with Crippen LogP contribution in [-0.4, -0.2) is 35.4 Å². The highest BCUT2D eigenvalue weighted by molar-refractivity contribution is 6.03. The van der Waals surface area contributed by atoms with Crippen molar-refractivity contribution in [3.63, 3.8) is 0 Å². The van der Waals surface area contributed by atoms with Gasteiger partial charge in [-0.1, -0.05) is 0 Å². The topological polar surface area (TPSA) is 45.2 Å². The average molecular weight is 283 g/mol. The highest BCUT2D eigenvalue weighted by Gasteiger charge is 2.16. The number of carbonyl (C=O) groups excluding carboxylic acids is 1. The van der Waals surface area contributed by atoms with E-state index in [9.17, 15) is 4.79 Å². The van der Waals surface area contributed by atoms with Crippen molar-refractivity contribution in [2.45, 2.75) is 26.7 Å². The standard InChI is InChI=1S/C17H21N3O/c1-12-10-15(14-6-5-7-18-17(14)13(12)2)19-16(21)11-20-8-3-4-9-20/h5-7,10H,3-4,8-9,11H2,1-2H3,(H,19,21). The molecule has 2 heterocycles. The fourth-order valence-corrected chi connectivity index (χ4v) is 2.95. The lowest BCUT2D eigenvalue weighted by Gasteiger charge is -2.16. The molecule has 1 saturated heterocycles. The Morgan fingerprint density at radius 3 is 2.86 bits per heavy atom. The van der Waals surface area contributed by atoms with E-state index in [0.29, 0.717) is 6.54 Å². The van der Waals surface area contributed by atoms with Crippen molar-refractivity contribution in [3.8, 4) is 0 Å². The normalized spacial score (nSPS) is 15.5. The van der Waals surface area contributed by atoms with Crippen molar-refractivity contribution >= 4 is 22.5 Å². The van der Waals surface area contributed by atoms with E-state index in [4.69, 9.17) is 0 Å². The summed E-state index contributed by atoms with van der Waals surface area (Å²) in [5, 5.41) is 4.07. The average Bonchev–Trinajstić information content (AvgIpc) is 2.97. The second-order valence-corrected chi connectivity index (χ2v) is 5.80. The van der Waals surface area contributed by atoms with Crippen molar-refractivity contribution in [1.29, 1.82) is 0 Å². The largest absolute Gasteiger partial charge is 0.324 e. The molecule has 21 heavy (non-hydrogen) atoms. The third kappa shape index (κ3) is 2.90. The lowest BCUT2D eigenvalue weighted by atomic mass is 10.0. The molecule has 3 rings (SSSR count). The second-order valence-electron chi connectivity index (χ2n) is 5.80. The van der Waals surface area contributed by atoms with E-state index < -0.39 is 0 Å². The Labute approximate surface area is 125 Å². The number of aryl methyl sites for hydroxylation is 2. The number of pyridine rings is 1. The molecule has 2 aromatic rings. The number of fused-ring (bicyclic) bond motifs is 1. The van der Waals surface area contributed by atoms with E-state index in [-0.39, 0.29) is 5.91 Å². The number of aromatic nitrogens is 1. The summed E-state index contributed by atoms with van der Waals surface area (Å²) in [6, 6.07) is 5.97. The summed E-state index contributed by atoms with van der Waals surface area (Å²) < 4.78 is 0. The monoisotopic (exact) mass is 283 g/mol. The molecule has 1 aromatic heterocycles. The van der Waals surface area contributed by atoms with Crippen molar-refractivity contribution < 1.29 is 4.79 Å². The van der Waals surface area contributed by atoms with E-state index >= 15 is 0 Å². The number of amides is 1. The molecule has 0 atom stereocenters. The molecular formula is C17H21N3O. The van der Waals surface area contributed by atoms with Crippen LogP contribution in [0.3, 0.4) is 0 Å². The molecule has 110 valence electrons. The highest BCUT2D eigenvalue weighted by Crippen LogP contribution is 2.27. The number of nitrogens with zero attached hydrogens (tertiary/aromatic N) is 2. The number of hydrogen-bond donors (Lipinski definition) is 1. The number of benzene rings is 1. The summed E-state index contributed by atoms with van der Waals surface area (Å²) in [4.78, 5) is 18.9. The summed E-state index contributed by atoms with van der Waals surface area (Å²) in [5.41, 5.74) is 4.15. The Hall–Kier alpha value is -1.94. The lowest BCUT2D eigenvalue weighted by molar-refractivity contribution is -0.117. The van der Waals surface area contributed by atoms with Gasteiger partial charge in [-0.2, -0.15) is 0 Å². The predicted octanol–water partition coefficient (Wildman–Crippen LogP) is 2.89. The highest BCUT2D eigenvalue weighted by atomic mass is 16.2. The van der Waals surface area contributed by atoms with Gasteiger partial charge in [-0.3, -0.25) is 14.7 Å². The van der Waals surface area contributed by atoms with Gasteiger partial charge in [0, 0.05) is 11.6 Å². The van der Waals surface area contributed by atoms with Crippen molar-refractivity contribution in [3.05, 3.63) is 35.5 Å². The van der Waals surface area contributed by atoms with Crippen molar-refractivity contribution in [2.24, 2.45) is 0 Å². The third-order valence-electron chi connectivity index (χ3n) is 4.25. The summed E-state index contributed by atoms with van der Waals surface area (Å²) in [6.07, 6.45) is 4.19. The first-order valence-corrected chi connectivity index (χ1v) is 7.52. The molecule has 0 unspecified atom stereocenters. The molecule has 0 bridgehead atoms. The predicted molar refractivity (Wildman–Crippen MR) is 85.5 cm³/mol. The van der Waals surface area contributed by atoms with Gasteiger partial charge < -0.3 is 5.32 Å². The van der Waals surface area contributed by atoms with E-state index in [2.05, 4.69) is 29.0 Å². The lowest BCUT2D eigenvalue weighted by Crippen LogP contribution is -2.31. The maximum Gasteiger partial charge on any atom is 0.238 e. The van der Waals surface area contributed by atoms with Crippen LogP contribution in [0, 0.1) is 13.8 Å². The summed E-state index contributed by atoms with van der Waals surface area (Å²) >= 11 is 0. The zero-order valence-electron chi connectivity index (χ0n) is 12.6. The Bertz CT molecular complexity index is 675. The second kappa shape index (κ2) is 5.82. The van der Waals surface area contributed by atoms with Gasteiger partial charge in [0.25, 0.3) is 0 Å². The first-order chi connectivity index (χ1) is 10.1. The minimum atomic E-state index is 0.0605. The fraction of sp³-hybridized carbons (Fsp3) is 0.412. The Balaban J connectivity index is 1.86. The maximum atomic E-state index is 12.2. The van der Waals surface area contributed by atoms with Crippen LogP contribution < -0.4 is 5.32 Å². The number of nitrogens with one attached hydrogen (secondary N) is 1. The Kier molecular flexibility index (Phi) is 3.88. The van der Waals surface area contributed by atoms with Crippen LogP contribution in [0.4, 0.5) is 5.69 Å². The SMILES string of the molecule is Cc1cc(NC(=O)CN2CCCC2)c2cccnc2c1C. The third-order valence-corrected chi connectivity index (χ3v) is 4.25. The Morgan fingerprint density at radius 1 is 1.33 bits per heavy atom. The number of carbonyl (C=O) groups is 1. The zero-order valence-corrected chi connectivity index (χ0v) is 12.6. The molecule has 1 amide bonds. The smallest absolute Gasteiger partial charge is 0.238 e. The number of likely N-dealkylation sites (tertiary alicyclic amines) is 1. The van der Waals surface area contributed by atoms with Gasteiger partial charge in [0.1, 0.15) is 0 Å². The Morgan fingerprint density at radius 2 is 2.10 bits per heavy atom. The molecule has 0 spiro atoms. The van der Waals surface area contributed by atoms with Gasteiger partial charge in [-0.15, -0.1) is 0 Å². The van der Waals surface area contributed by atoms with Crippen LogP contribution in [0.15, 0.2) is 24.4 Å². The van der Waals surface area contributed by atoms with Crippen molar-refractivity contribution in [1.82, 2.24) is 9.88 Å². The zero-order chi connectivity index (χ0) is 14.8. The van der Waals surface area contributed by atoms with Crippen LogP contribution in [-0.2, 0) is 4.79 Å². The first-order valence-electron chi connectivity index (χ1n) is 7.52. The molecule has 1 aromatic carbocycles. The number of rotatable bonds is 3. The van der Waals surface area contributed by atoms with E-state index in [0.717, 1.165) is 35.2 Å². The summed E-state index contributed by atoms with van der Waals surface area (Å²) in [5.74, 6) is 0.0605. The van der Waals surface area contributed by atoms with Gasteiger partial charge >= 0.3 is 0 Å². The molecular weight excluding hydrogens is 262 g/mol. The van der Waals surface area contributed by atoms with Crippen LogP contribution in [0.2, 0.25) is 0 Å². The molecule has 1 aliphatic rings. The van der Waals surface area contributed by atoms with Crippen molar-refractivity contribution in [2.75, 3.05) is 25.0 Å². The number of anilines is 1. The molecule has 0 saturated carbocycles. The molecule has 1 N–H and O–H groups in total. The minimum absolute atomic E-state index is 0.0605. The van der Waals surface area contributed by atoms with Gasteiger partial charge in [-0.05, 0) is 69.1 Å². The van der Waals surface area contributed by atoms with E-state index in [1.807, 2.05) is 18.2 Å². The van der Waals surface area contributed by atoms with Crippen LogP contribution in [0.1, 0.15) is 24.0 Å². The van der Waals surface area contributed by atoms with Gasteiger partial charge in [-0.25, -0.2) is 0 Å². The van der Waals surface area contributed by atoms with Gasteiger partial charge in [0.2, 0.25) is 5.91 Å². The van der Waals surface area contributed by atoms with E-state index in [1.54, 1.807) is 6.20 Å². The van der Waals surface area contributed by atoms with Crippen LogP contribution in [0.5, 0.6) is 0 Å². The molecule has 1 aliphatic heterocycles. The first kappa shape index (κ1) is 14.0. The molecule has 4 heteroatoms. The molecule has 1 fully saturated rings. The quantitative estimate of drug-likeness (QED) is 0.942. The summed E-state index contributed by atoms with van der Waals surface area (Å²) in [6.45, 7) is 6.67. The van der Waals surface area contributed by atoms with Crippen LogP contribution in [0.25, 0.3) is 10.9 Å². The number of hydrogen-bond acceptors (Lipinski definition) is 3. The molecule has 4 nitrogen and oxygen atoms in total. The van der Waals surface area contributed by atoms with Gasteiger partial charge in [0.15, 0.2) is 0 Å². The van der Waals surface area contributed by atoms with Gasteiger partial charge in [0.05, 0.1) is 17.7 Å². The molecule has 0 aliphatic carbocycles. The maximum absolute atomic E-state index is 12.2. The fourth-order valence-electron chi connectivity index (χ4n) is 2.95. The molecule has 0 radical (unpaired) electrons.